The molecule has 1 amide bonds. The highest BCUT2D eigenvalue weighted by Crippen LogP contribution is 2.27. The van der Waals surface area contributed by atoms with Crippen LogP contribution in [0, 0.1) is 6.92 Å². The maximum absolute atomic E-state index is 12.7. The van der Waals surface area contributed by atoms with Crippen LogP contribution in [-0.4, -0.2) is 34.0 Å². The Balaban J connectivity index is 1.58. The fourth-order valence-corrected chi connectivity index (χ4v) is 4.05. The lowest BCUT2D eigenvalue weighted by Gasteiger charge is -2.28. The predicted molar refractivity (Wildman–Crippen MR) is 98.0 cm³/mol. The molecular weight excluding hydrogens is 334 g/mol. The largest absolute Gasteiger partial charge is 0.497 e. The van der Waals surface area contributed by atoms with E-state index in [0.29, 0.717) is 13.1 Å². The molecule has 0 N–H and O–H groups in total. The molecule has 1 aliphatic heterocycles. The first-order valence-corrected chi connectivity index (χ1v) is 9.07. The average molecular weight is 353 g/mol. The van der Waals surface area contributed by atoms with Crippen LogP contribution < -0.4 is 4.74 Å². The van der Waals surface area contributed by atoms with Crippen molar-refractivity contribution >= 4 is 17.2 Å². The Morgan fingerprint density at radius 3 is 2.68 bits per heavy atom. The Hall–Kier alpha value is -2.60. The monoisotopic (exact) mass is 353 g/mol. The summed E-state index contributed by atoms with van der Waals surface area (Å²) in [6, 6.07) is 9.97. The molecule has 4 rings (SSSR count). The van der Waals surface area contributed by atoms with Crippen molar-refractivity contribution in [2.75, 3.05) is 13.7 Å². The average Bonchev–Trinajstić information content (AvgIpc) is 3.26. The third-order valence-corrected chi connectivity index (χ3v) is 5.60. The Morgan fingerprint density at radius 2 is 2.00 bits per heavy atom. The van der Waals surface area contributed by atoms with Crippen molar-refractivity contribution < 1.29 is 9.53 Å². The summed E-state index contributed by atoms with van der Waals surface area (Å²) in [6.45, 7) is 3.98. The van der Waals surface area contributed by atoms with Gasteiger partial charge in [-0.15, -0.1) is 11.3 Å². The van der Waals surface area contributed by atoms with Gasteiger partial charge >= 0.3 is 0 Å². The van der Waals surface area contributed by atoms with Gasteiger partial charge in [-0.05, 0) is 48.2 Å². The van der Waals surface area contributed by atoms with Crippen LogP contribution in [-0.2, 0) is 13.1 Å². The number of methoxy groups -OCH3 is 1. The van der Waals surface area contributed by atoms with Crippen LogP contribution in [0.3, 0.4) is 0 Å². The van der Waals surface area contributed by atoms with Crippen molar-refractivity contribution in [3.8, 4) is 17.0 Å². The Labute approximate surface area is 150 Å². The van der Waals surface area contributed by atoms with Crippen molar-refractivity contribution in [2.24, 2.45) is 0 Å². The number of imidazole rings is 1. The van der Waals surface area contributed by atoms with Gasteiger partial charge in [-0.1, -0.05) is 0 Å². The third kappa shape index (κ3) is 2.82. The van der Waals surface area contributed by atoms with Gasteiger partial charge in [0.1, 0.15) is 11.6 Å². The van der Waals surface area contributed by atoms with Crippen molar-refractivity contribution in [1.82, 2.24) is 14.5 Å². The zero-order valence-electron chi connectivity index (χ0n) is 14.2. The summed E-state index contributed by atoms with van der Waals surface area (Å²) < 4.78 is 7.42. The van der Waals surface area contributed by atoms with Crippen LogP contribution >= 0.6 is 11.3 Å². The van der Waals surface area contributed by atoms with E-state index in [9.17, 15) is 4.79 Å². The van der Waals surface area contributed by atoms with E-state index in [1.165, 1.54) is 11.3 Å². The van der Waals surface area contributed by atoms with Gasteiger partial charge in [-0.25, -0.2) is 4.98 Å². The molecule has 1 aliphatic rings. The fourth-order valence-electron chi connectivity index (χ4n) is 3.16. The SMILES string of the molecule is COc1ccc(-c2cnc3n2CCN(C(=O)c2sccc2C)C3)cc1. The van der Waals surface area contributed by atoms with E-state index >= 15 is 0 Å². The van der Waals surface area contributed by atoms with Crippen molar-refractivity contribution in [3.05, 3.63) is 58.2 Å². The molecule has 128 valence electrons. The Morgan fingerprint density at radius 1 is 1.20 bits per heavy atom. The van der Waals surface area contributed by atoms with Crippen LogP contribution in [0.15, 0.2) is 41.9 Å². The second kappa shape index (κ2) is 6.37. The molecule has 0 fully saturated rings. The van der Waals surface area contributed by atoms with E-state index < -0.39 is 0 Å². The van der Waals surface area contributed by atoms with Gasteiger partial charge in [0.05, 0.1) is 30.4 Å². The summed E-state index contributed by atoms with van der Waals surface area (Å²) in [5, 5.41) is 1.97. The summed E-state index contributed by atoms with van der Waals surface area (Å²) in [7, 11) is 1.66. The lowest BCUT2D eigenvalue weighted by atomic mass is 10.1. The third-order valence-electron chi connectivity index (χ3n) is 4.59. The number of ether oxygens (including phenoxy) is 1. The number of hydrogen-bond donors (Lipinski definition) is 0. The van der Waals surface area contributed by atoms with E-state index in [1.54, 1.807) is 7.11 Å². The maximum atomic E-state index is 12.7. The van der Waals surface area contributed by atoms with Gasteiger partial charge in [0.15, 0.2) is 0 Å². The van der Waals surface area contributed by atoms with Crippen LogP contribution in [0.5, 0.6) is 5.75 Å². The number of carbonyl (C=O) groups is 1. The topological polar surface area (TPSA) is 47.4 Å². The van der Waals surface area contributed by atoms with Crippen molar-refractivity contribution in [1.29, 1.82) is 0 Å². The highest BCUT2D eigenvalue weighted by atomic mass is 32.1. The van der Waals surface area contributed by atoms with Crippen LogP contribution in [0.25, 0.3) is 11.3 Å². The van der Waals surface area contributed by atoms with Crippen LogP contribution in [0.4, 0.5) is 0 Å². The fraction of sp³-hybridized carbons (Fsp3) is 0.263. The summed E-state index contributed by atoms with van der Waals surface area (Å²) >= 11 is 1.51. The molecule has 6 heteroatoms. The van der Waals surface area contributed by atoms with Crippen molar-refractivity contribution in [3.63, 3.8) is 0 Å². The number of aromatic nitrogens is 2. The van der Waals surface area contributed by atoms with Gasteiger partial charge in [-0.3, -0.25) is 4.79 Å². The summed E-state index contributed by atoms with van der Waals surface area (Å²) in [5.41, 5.74) is 3.23. The Kier molecular flexibility index (Phi) is 4.05. The Bertz CT molecular complexity index is 911. The first kappa shape index (κ1) is 15.9. The van der Waals surface area contributed by atoms with Crippen LogP contribution in [0.2, 0.25) is 0 Å². The molecule has 0 aliphatic carbocycles. The zero-order chi connectivity index (χ0) is 17.4. The van der Waals surface area contributed by atoms with E-state index in [2.05, 4.69) is 9.55 Å². The highest BCUT2D eigenvalue weighted by Gasteiger charge is 2.26. The quantitative estimate of drug-likeness (QED) is 0.723. The molecule has 0 saturated carbocycles. The predicted octanol–water partition coefficient (Wildman–Crippen LogP) is 3.58. The molecule has 3 aromatic rings. The number of amides is 1. The molecule has 0 unspecified atom stereocenters. The van der Waals surface area contributed by atoms with Gasteiger partial charge in [0.25, 0.3) is 5.91 Å². The minimum atomic E-state index is 0.104. The number of benzene rings is 1. The number of hydrogen-bond acceptors (Lipinski definition) is 4. The van der Waals surface area contributed by atoms with Gasteiger partial charge in [-0.2, -0.15) is 0 Å². The first-order valence-electron chi connectivity index (χ1n) is 8.19. The number of fused-ring (bicyclic) bond motifs is 1. The smallest absolute Gasteiger partial charge is 0.264 e. The van der Waals surface area contributed by atoms with Gasteiger partial charge < -0.3 is 14.2 Å². The van der Waals surface area contributed by atoms with Gasteiger partial charge in [0.2, 0.25) is 0 Å². The number of thiophene rings is 1. The second-order valence-electron chi connectivity index (χ2n) is 6.10. The van der Waals surface area contributed by atoms with E-state index in [-0.39, 0.29) is 5.91 Å². The molecule has 25 heavy (non-hydrogen) atoms. The summed E-state index contributed by atoms with van der Waals surface area (Å²) in [5.74, 6) is 1.87. The molecule has 0 spiro atoms. The van der Waals surface area contributed by atoms with E-state index in [1.807, 2.05) is 53.7 Å². The normalized spacial score (nSPS) is 13.6. The van der Waals surface area contributed by atoms with Crippen LogP contribution in [0.1, 0.15) is 21.1 Å². The standard InChI is InChI=1S/C19H19N3O2S/c1-13-7-10-25-18(13)19(23)21-8-9-22-16(11-20-17(22)12-21)14-3-5-15(24-2)6-4-14/h3-7,10-11H,8-9,12H2,1-2H3. The molecule has 1 aromatic carbocycles. The molecule has 0 saturated heterocycles. The molecule has 2 aromatic heterocycles. The molecular formula is C19H19N3O2S. The highest BCUT2D eigenvalue weighted by molar-refractivity contribution is 7.12. The lowest BCUT2D eigenvalue weighted by molar-refractivity contribution is 0.0712. The zero-order valence-corrected chi connectivity index (χ0v) is 15.0. The summed E-state index contributed by atoms with van der Waals surface area (Å²) in [4.78, 5) is 20.0. The molecule has 0 bridgehead atoms. The van der Waals surface area contributed by atoms with Gasteiger partial charge in [0, 0.05) is 18.7 Å². The molecule has 0 atom stereocenters. The lowest BCUT2D eigenvalue weighted by Crippen LogP contribution is -2.38. The number of nitrogens with zero attached hydrogens (tertiary/aromatic N) is 3. The number of rotatable bonds is 3. The van der Waals surface area contributed by atoms with E-state index in [0.717, 1.165) is 39.8 Å². The number of carbonyl (C=O) groups excluding carboxylic acids is 1. The molecule has 0 radical (unpaired) electrons. The first-order chi connectivity index (χ1) is 12.2. The maximum Gasteiger partial charge on any atom is 0.264 e. The molecule has 3 heterocycles. The van der Waals surface area contributed by atoms with E-state index in [4.69, 9.17) is 4.74 Å². The molecule has 5 nitrogen and oxygen atoms in total. The second-order valence-corrected chi connectivity index (χ2v) is 7.02. The van der Waals surface area contributed by atoms with Crippen molar-refractivity contribution in [2.45, 2.75) is 20.0 Å². The minimum absolute atomic E-state index is 0.104. The number of aryl methyl sites for hydroxylation is 1. The summed E-state index contributed by atoms with van der Waals surface area (Å²) in [6.07, 6.45) is 1.89. The minimum Gasteiger partial charge on any atom is -0.497 e.